The Balaban J connectivity index is 1.61. The van der Waals surface area contributed by atoms with Gasteiger partial charge in [-0.2, -0.15) is 0 Å². The molecule has 4 rings (SSSR count). The number of fused-ring (bicyclic) bond motifs is 5. The van der Waals surface area contributed by atoms with Gasteiger partial charge in [0.2, 0.25) is 0 Å². The molecule has 0 aliphatic heterocycles. The van der Waals surface area contributed by atoms with Gasteiger partial charge in [0.05, 0.1) is 17.3 Å². The van der Waals surface area contributed by atoms with Crippen molar-refractivity contribution in [1.29, 1.82) is 0 Å². The fourth-order valence-corrected chi connectivity index (χ4v) is 9.09. The van der Waals surface area contributed by atoms with Gasteiger partial charge in [-0.05, 0) is 118 Å². The fraction of sp³-hybridized carbons (Fsp3) is 0.931. The molecule has 4 aliphatic carbocycles. The molecule has 1 unspecified atom stereocenters. The summed E-state index contributed by atoms with van der Waals surface area (Å²) in [5.41, 5.74) is 0.963. The van der Waals surface area contributed by atoms with Crippen molar-refractivity contribution in [2.45, 2.75) is 123 Å². The minimum atomic E-state index is -0.569. The van der Waals surface area contributed by atoms with Crippen molar-refractivity contribution in [3.63, 3.8) is 0 Å². The van der Waals surface area contributed by atoms with Crippen LogP contribution in [-0.2, 0) is 4.74 Å². The lowest BCUT2D eigenvalue weighted by Gasteiger charge is -2.61. The molecule has 3 fully saturated rings. The summed E-state index contributed by atoms with van der Waals surface area (Å²) in [5, 5.41) is 21.3. The standard InChI is InChI=1S/C29H50O3/c1-8-29(31)16-15-27(5)20(17-29)9-10-21-23-12-11-22(19(2)13-14-26(3,4)30)28(23,6)18-24(32-7)25(21)27/h9,19,21-25,30-31H,8,10-18H2,1-7H3/t19-,21+,22?,23+,24+,25-,27+,28-,29+/m1/s1. The molecular weight excluding hydrogens is 396 g/mol. The first-order valence-corrected chi connectivity index (χ1v) is 13.5. The SMILES string of the molecule is CC[C@]1(O)CC[C@@]2(C)C(=CC[C@@H]3[C@@H]2[C@@H](OC)C[C@]2(C)C([C@H](C)CCC(C)(C)O)CC[C@@H]32)C1. The van der Waals surface area contributed by atoms with Gasteiger partial charge < -0.3 is 14.9 Å². The molecular formula is C29H50O3. The first kappa shape index (κ1) is 24.7. The van der Waals surface area contributed by atoms with E-state index in [-0.39, 0.29) is 5.41 Å². The third kappa shape index (κ3) is 4.03. The summed E-state index contributed by atoms with van der Waals surface area (Å²) >= 11 is 0. The van der Waals surface area contributed by atoms with Crippen LogP contribution in [0.4, 0.5) is 0 Å². The van der Waals surface area contributed by atoms with Crippen molar-refractivity contribution in [2.75, 3.05) is 7.11 Å². The van der Waals surface area contributed by atoms with Gasteiger partial charge >= 0.3 is 0 Å². The summed E-state index contributed by atoms with van der Waals surface area (Å²) in [7, 11) is 1.94. The zero-order chi connectivity index (χ0) is 23.5. The Kier molecular flexibility index (Phi) is 6.48. The van der Waals surface area contributed by atoms with E-state index in [1.54, 1.807) is 0 Å². The maximum atomic E-state index is 11.1. The Labute approximate surface area is 197 Å². The molecule has 0 bridgehead atoms. The molecule has 184 valence electrons. The first-order valence-electron chi connectivity index (χ1n) is 13.5. The van der Waals surface area contributed by atoms with Gasteiger partial charge in [-0.3, -0.25) is 0 Å². The molecule has 0 aromatic carbocycles. The average Bonchev–Trinajstić information content (AvgIpc) is 3.08. The number of allylic oxidation sites excluding steroid dienone is 1. The number of aliphatic hydroxyl groups is 2. The second-order valence-corrected chi connectivity index (χ2v) is 13.4. The molecule has 0 heterocycles. The van der Waals surface area contributed by atoms with Crippen LogP contribution in [0.5, 0.6) is 0 Å². The zero-order valence-electron chi connectivity index (χ0n) is 21.9. The lowest BCUT2D eigenvalue weighted by molar-refractivity contribution is -0.147. The van der Waals surface area contributed by atoms with E-state index >= 15 is 0 Å². The lowest BCUT2D eigenvalue weighted by Crippen LogP contribution is -2.58. The van der Waals surface area contributed by atoms with E-state index in [1.165, 1.54) is 31.3 Å². The topological polar surface area (TPSA) is 49.7 Å². The van der Waals surface area contributed by atoms with Crippen LogP contribution in [0.1, 0.15) is 106 Å². The predicted molar refractivity (Wildman–Crippen MR) is 131 cm³/mol. The van der Waals surface area contributed by atoms with E-state index in [0.29, 0.717) is 29.3 Å². The first-order chi connectivity index (χ1) is 14.9. The second-order valence-electron chi connectivity index (χ2n) is 13.4. The minimum Gasteiger partial charge on any atom is -0.390 e. The maximum absolute atomic E-state index is 11.1. The molecule has 3 heteroatoms. The Bertz CT molecular complexity index is 722. The number of ether oxygens (including phenoxy) is 1. The van der Waals surface area contributed by atoms with Gasteiger partial charge in [0.25, 0.3) is 0 Å². The van der Waals surface area contributed by atoms with Crippen LogP contribution in [0.2, 0.25) is 0 Å². The van der Waals surface area contributed by atoms with Crippen molar-refractivity contribution >= 4 is 0 Å². The Hall–Kier alpha value is -0.380. The molecule has 3 saturated carbocycles. The molecule has 0 aromatic rings. The molecule has 4 aliphatic rings. The van der Waals surface area contributed by atoms with Crippen molar-refractivity contribution in [1.82, 2.24) is 0 Å². The normalized spacial score (nSPS) is 47.3. The Morgan fingerprint density at radius 1 is 1.22 bits per heavy atom. The van der Waals surface area contributed by atoms with E-state index in [1.807, 2.05) is 21.0 Å². The van der Waals surface area contributed by atoms with Crippen LogP contribution in [-0.4, -0.2) is 34.6 Å². The van der Waals surface area contributed by atoms with Gasteiger partial charge in [-0.25, -0.2) is 0 Å². The number of hydrogen-bond donors (Lipinski definition) is 2. The fourth-order valence-electron chi connectivity index (χ4n) is 9.09. The van der Waals surface area contributed by atoms with Gasteiger partial charge in [0.1, 0.15) is 0 Å². The minimum absolute atomic E-state index is 0.178. The molecule has 0 saturated heterocycles. The monoisotopic (exact) mass is 446 g/mol. The van der Waals surface area contributed by atoms with E-state index < -0.39 is 11.2 Å². The van der Waals surface area contributed by atoms with Crippen LogP contribution in [0.15, 0.2) is 11.6 Å². The summed E-state index contributed by atoms with van der Waals surface area (Å²) in [6.07, 6.45) is 13.6. The van der Waals surface area contributed by atoms with Gasteiger partial charge in [0.15, 0.2) is 0 Å². The van der Waals surface area contributed by atoms with Gasteiger partial charge in [-0.1, -0.05) is 39.3 Å². The molecule has 0 aromatic heterocycles. The zero-order valence-corrected chi connectivity index (χ0v) is 21.9. The molecule has 3 nitrogen and oxygen atoms in total. The smallest absolute Gasteiger partial charge is 0.0682 e. The summed E-state index contributed by atoms with van der Waals surface area (Å²) in [6.45, 7) is 13.5. The summed E-state index contributed by atoms with van der Waals surface area (Å²) in [4.78, 5) is 0. The average molecular weight is 447 g/mol. The highest BCUT2D eigenvalue weighted by atomic mass is 16.5. The van der Waals surface area contributed by atoms with Crippen LogP contribution >= 0.6 is 0 Å². The maximum Gasteiger partial charge on any atom is 0.0682 e. The number of methoxy groups -OCH3 is 1. The molecule has 32 heavy (non-hydrogen) atoms. The second kappa shape index (κ2) is 8.38. The summed E-state index contributed by atoms with van der Waals surface area (Å²) in [5.74, 6) is 3.42. The van der Waals surface area contributed by atoms with Gasteiger partial charge in [-0.15, -0.1) is 0 Å². The van der Waals surface area contributed by atoms with Crippen molar-refractivity contribution < 1.29 is 14.9 Å². The Morgan fingerprint density at radius 3 is 2.56 bits per heavy atom. The van der Waals surface area contributed by atoms with Crippen molar-refractivity contribution in [3.05, 3.63) is 11.6 Å². The number of rotatable bonds is 6. The van der Waals surface area contributed by atoms with Crippen LogP contribution in [0, 0.1) is 40.4 Å². The van der Waals surface area contributed by atoms with Gasteiger partial charge in [0, 0.05) is 7.11 Å². The summed E-state index contributed by atoms with van der Waals surface area (Å²) in [6, 6.07) is 0. The van der Waals surface area contributed by atoms with E-state index in [2.05, 4.69) is 33.8 Å². The van der Waals surface area contributed by atoms with Crippen LogP contribution < -0.4 is 0 Å². The van der Waals surface area contributed by atoms with E-state index in [0.717, 1.165) is 50.4 Å². The lowest BCUT2D eigenvalue weighted by atomic mass is 9.45. The quantitative estimate of drug-likeness (QED) is 0.457. The van der Waals surface area contributed by atoms with Crippen LogP contribution in [0.25, 0.3) is 0 Å². The third-order valence-electron chi connectivity index (χ3n) is 11.1. The molecule has 0 radical (unpaired) electrons. The third-order valence-corrected chi connectivity index (χ3v) is 11.1. The van der Waals surface area contributed by atoms with Crippen molar-refractivity contribution in [2.24, 2.45) is 40.4 Å². The van der Waals surface area contributed by atoms with Crippen LogP contribution in [0.3, 0.4) is 0 Å². The Morgan fingerprint density at radius 2 is 1.94 bits per heavy atom. The summed E-state index contributed by atoms with van der Waals surface area (Å²) < 4.78 is 6.34. The molecule has 9 atom stereocenters. The molecule has 0 amide bonds. The molecule has 2 N–H and O–H groups in total. The molecule has 0 spiro atoms. The van der Waals surface area contributed by atoms with E-state index in [4.69, 9.17) is 4.74 Å². The highest BCUT2D eigenvalue weighted by Gasteiger charge is 2.63. The van der Waals surface area contributed by atoms with E-state index in [9.17, 15) is 10.2 Å². The number of hydrogen-bond acceptors (Lipinski definition) is 3. The van der Waals surface area contributed by atoms with Crippen molar-refractivity contribution in [3.8, 4) is 0 Å². The largest absolute Gasteiger partial charge is 0.390 e. The predicted octanol–water partition coefficient (Wildman–Crippen LogP) is 6.52. The highest BCUT2D eigenvalue weighted by molar-refractivity contribution is 5.28. The highest BCUT2D eigenvalue weighted by Crippen LogP contribution is 2.68.